The zero-order valence-electron chi connectivity index (χ0n) is 12.7. The van der Waals surface area contributed by atoms with Crippen LogP contribution in [0.2, 0.25) is 0 Å². The van der Waals surface area contributed by atoms with E-state index in [9.17, 15) is 0 Å². The van der Waals surface area contributed by atoms with Crippen molar-refractivity contribution < 1.29 is 9.47 Å². The minimum absolute atomic E-state index is 0.0339. The smallest absolute Gasteiger partial charge is 0.122 e. The van der Waals surface area contributed by atoms with Crippen molar-refractivity contribution in [3.05, 3.63) is 29.8 Å². The van der Waals surface area contributed by atoms with E-state index in [1.165, 1.54) is 5.56 Å². The highest BCUT2D eigenvalue weighted by Crippen LogP contribution is 2.36. The predicted molar refractivity (Wildman–Crippen MR) is 82.0 cm³/mol. The highest BCUT2D eigenvalue weighted by Gasteiger charge is 2.34. The van der Waals surface area contributed by atoms with E-state index in [1.807, 2.05) is 12.1 Å². The fraction of sp³-hybridized carbons (Fsp3) is 0.647. The molecule has 1 aromatic carbocycles. The molecule has 2 rings (SSSR count). The van der Waals surface area contributed by atoms with Crippen LogP contribution >= 0.6 is 0 Å². The van der Waals surface area contributed by atoms with Crippen molar-refractivity contribution in [3.8, 4) is 5.75 Å². The Morgan fingerprint density at radius 3 is 2.85 bits per heavy atom. The molecular formula is C17H27NO2. The molecule has 0 radical (unpaired) electrons. The third-order valence-corrected chi connectivity index (χ3v) is 4.12. The first-order valence-electron chi connectivity index (χ1n) is 7.64. The van der Waals surface area contributed by atoms with Gasteiger partial charge in [0.15, 0.2) is 0 Å². The van der Waals surface area contributed by atoms with Crippen molar-refractivity contribution in [2.75, 3.05) is 26.4 Å². The molecular weight excluding hydrogens is 250 g/mol. The van der Waals surface area contributed by atoms with Gasteiger partial charge in [-0.05, 0) is 36.8 Å². The summed E-state index contributed by atoms with van der Waals surface area (Å²) in [7, 11) is 0. The van der Waals surface area contributed by atoms with E-state index < -0.39 is 0 Å². The molecule has 1 unspecified atom stereocenters. The summed E-state index contributed by atoms with van der Waals surface area (Å²) in [4.78, 5) is 0. The van der Waals surface area contributed by atoms with Gasteiger partial charge in [0, 0.05) is 25.2 Å². The summed E-state index contributed by atoms with van der Waals surface area (Å²) in [5.74, 6) is 1.71. The lowest BCUT2D eigenvalue weighted by Gasteiger charge is -2.37. The number of benzene rings is 1. The molecule has 1 heterocycles. The van der Waals surface area contributed by atoms with E-state index >= 15 is 0 Å². The minimum atomic E-state index is 0.0339. The van der Waals surface area contributed by atoms with Gasteiger partial charge in [-0.15, -0.1) is 0 Å². The fourth-order valence-corrected chi connectivity index (χ4v) is 2.58. The average molecular weight is 277 g/mol. The number of para-hydroxylation sites is 1. The molecule has 1 aliphatic rings. The van der Waals surface area contributed by atoms with E-state index in [0.717, 1.165) is 38.2 Å². The lowest BCUT2D eigenvalue weighted by atomic mass is 9.78. The first-order chi connectivity index (χ1) is 9.65. The molecule has 0 spiro atoms. The Morgan fingerprint density at radius 1 is 1.30 bits per heavy atom. The van der Waals surface area contributed by atoms with Crippen LogP contribution in [0.1, 0.15) is 32.3 Å². The maximum atomic E-state index is 6.02. The first kappa shape index (κ1) is 15.3. The molecule has 0 saturated carbocycles. The number of nitrogens with two attached hydrogens (primary N) is 1. The monoisotopic (exact) mass is 277 g/mol. The van der Waals surface area contributed by atoms with Gasteiger partial charge in [-0.1, -0.05) is 32.0 Å². The van der Waals surface area contributed by atoms with Crippen LogP contribution in [0.5, 0.6) is 5.75 Å². The van der Waals surface area contributed by atoms with Gasteiger partial charge in [-0.2, -0.15) is 0 Å². The zero-order valence-corrected chi connectivity index (χ0v) is 12.7. The molecule has 0 bridgehead atoms. The van der Waals surface area contributed by atoms with Gasteiger partial charge in [0.25, 0.3) is 0 Å². The van der Waals surface area contributed by atoms with E-state index in [2.05, 4.69) is 26.0 Å². The molecule has 1 aromatic rings. The lowest BCUT2D eigenvalue weighted by molar-refractivity contribution is 0.0551. The van der Waals surface area contributed by atoms with Crippen LogP contribution in [-0.4, -0.2) is 26.4 Å². The number of rotatable bonds is 7. The molecule has 0 aliphatic carbocycles. The summed E-state index contributed by atoms with van der Waals surface area (Å²) in [6, 6.07) is 8.25. The quantitative estimate of drug-likeness (QED) is 0.779. The van der Waals surface area contributed by atoms with Crippen molar-refractivity contribution in [3.63, 3.8) is 0 Å². The van der Waals surface area contributed by atoms with Crippen LogP contribution in [0.15, 0.2) is 24.3 Å². The number of hydrogen-bond acceptors (Lipinski definition) is 3. The van der Waals surface area contributed by atoms with Gasteiger partial charge in [0.05, 0.1) is 6.61 Å². The molecule has 112 valence electrons. The number of ether oxygens (including phenoxy) is 2. The largest absolute Gasteiger partial charge is 0.493 e. The Hall–Kier alpha value is -1.06. The molecule has 3 nitrogen and oxygen atoms in total. The highest BCUT2D eigenvalue weighted by atomic mass is 16.5. The third-order valence-electron chi connectivity index (χ3n) is 4.12. The van der Waals surface area contributed by atoms with E-state index in [-0.39, 0.29) is 5.41 Å². The molecule has 2 N–H and O–H groups in total. The molecule has 0 amide bonds. The Labute approximate surface area is 122 Å². The van der Waals surface area contributed by atoms with Crippen molar-refractivity contribution in [1.82, 2.24) is 0 Å². The van der Waals surface area contributed by atoms with Gasteiger partial charge < -0.3 is 15.2 Å². The summed E-state index contributed by atoms with van der Waals surface area (Å²) in [5.41, 5.74) is 7.33. The summed E-state index contributed by atoms with van der Waals surface area (Å²) >= 11 is 0. The van der Waals surface area contributed by atoms with Crippen LogP contribution in [-0.2, 0) is 11.2 Å². The third kappa shape index (κ3) is 3.97. The summed E-state index contributed by atoms with van der Waals surface area (Å²) < 4.78 is 11.6. The maximum Gasteiger partial charge on any atom is 0.122 e. The standard InChI is InChI=1S/C17H27NO2/c1-14(2)7-9-19-10-8-17(12-18)11-15-5-3-4-6-16(15)20-13-17/h3-6,14H,7-13,18H2,1-2H3. The zero-order chi connectivity index (χ0) is 14.4. The molecule has 1 atom stereocenters. The first-order valence-corrected chi connectivity index (χ1v) is 7.64. The van der Waals surface area contributed by atoms with Gasteiger partial charge in [0.1, 0.15) is 5.75 Å². The predicted octanol–water partition coefficient (Wildman–Crippen LogP) is 3.02. The van der Waals surface area contributed by atoms with Crippen LogP contribution in [0.25, 0.3) is 0 Å². The Balaban J connectivity index is 1.85. The second-order valence-electron chi connectivity index (χ2n) is 6.32. The second kappa shape index (κ2) is 7.09. The Bertz CT molecular complexity index is 419. The summed E-state index contributed by atoms with van der Waals surface area (Å²) in [5, 5.41) is 0. The second-order valence-corrected chi connectivity index (χ2v) is 6.32. The van der Waals surface area contributed by atoms with Crippen molar-refractivity contribution >= 4 is 0 Å². The van der Waals surface area contributed by atoms with Crippen LogP contribution in [0, 0.1) is 11.3 Å². The van der Waals surface area contributed by atoms with Crippen molar-refractivity contribution in [1.29, 1.82) is 0 Å². The Morgan fingerprint density at radius 2 is 2.10 bits per heavy atom. The normalized spacial score (nSPS) is 21.6. The SMILES string of the molecule is CC(C)CCOCCC1(CN)COc2ccccc2C1. The maximum absolute atomic E-state index is 6.02. The molecule has 3 heteroatoms. The molecule has 1 aliphatic heterocycles. The number of fused-ring (bicyclic) bond motifs is 1. The molecule has 0 fully saturated rings. The van der Waals surface area contributed by atoms with Gasteiger partial charge in [0.2, 0.25) is 0 Å². The van der Waals surface area contributed by atoms with Crippen LogP contribution in [0.4, 0.5) is 0 Å². The van der Waals surface area contributed by atoms with E-state index in [0.29, 0.717) is 19.1 Å². The van der Waals surface area contributed by atoms with Crippen LogP contribution in [0.3, 0.4) is 0 Å². The average Bonchev–Trinajstić information content (AvgIpc) is 2.46. The summed E-state index contributed by atoms with van der Waals surface area (Å²) in [6.45, 7) is 7.40. The molecule has 20 heavy (non-hydrogen) atoms. The van der Waals surface area contributed by atoms with Crippen molar-refractivity contribution in [2.45, 2.75) is 33.1 Å². The summed E-state index contributed by atoms with van der Waals surface area (Å²) in [6.07, 6.45) is 3.08. The number of hydrogen-bond donors (Lipinski definition) is 1. The van der Waals surface area contributed by atoms with Crippen molar-refractivity contribution in [2.24, 2.45) is 17.1 Å². The van der Waals surface area contributed by atoms with Crippen LogP contribution < -0.4 is 10.5 Å². The van der Waals surface area contributed by atoms with Gasteiger partial charge in [-0.3, -0.25) is 0 Å². The van der Waals surface area contributed by atoms with Gasteiger partial charge >= 0.3 is 0 Å². The van der Waals surface area contributed by atoms with E-state index in [4.69, 9.17) is 15.2 Å². The highest BCUT2D eigenvalue weighted by molar-refractivity contribution is 5.36. The lowest BCUT2D eigenvalue weighted by Crippen LogP contribution is -2.42. The minimum Gasteiger partial charge on any atom is -0.493 e. The fourth-order valence-electron chi connectivity index (χ4n) is 2.58. The topological polar surface area (TPSA) is 44.5 Å². The van der Waals surface area contributed by atoms with Gasteiger partial charge in [-0.25, -0.2) is 0 Å². The molecule has 0 saturated heterocycles. The Kier molecular flexibility index (Phi) is 5.44. The molecule has 0 aromatic heterocycles. The van der Waals surface area contributed by atoms with E-state index in [1.54, 1.807) is 0 Å².